The summed E-state index contributed by atoms with van der Waals surface area (Å²) in [5.41, 5.74) is 6.10. The van der Waals surface area contributed by atoms with Gasteiger partial charge in [0.1, 0.15) is 10.7 Å². The first-order valence-corrected chi connectivity index (χ1v) is 8.40. The maximum absolute atomic E-state index is 13.9. The van der Waals surface area contributed by atoms with E-state index in [2.05, 4.69) is 0 Å². The van der Waals surface area contributed by atoms with Crippen LogP contribution in [0.4, 0.5) is 4.39 Å². The van der Waals surface area contributed by atoms with Crippen molar-refractivity contribution in [1.82, 2.24) is 4.31 Å². The Morgan fingerprint density at radius 2 is 2.24 bits per heavy atom. The first-order valence-electron chi connectivity index (χ1n) is 6.96. The van der Waals surface area contributed by atoms with Gasteiger partial charge in [0.15, 0.2) is 0 Å². The molecule has 1 fully saturated rings. The van der Waals surface area contributed by atoms with Crippen LogP contribution in [0.5, 0.6) is 0 Å². The van der Waals surface area contributed by atoms with Crippen LogP contribution < -0.4 is 5.73 Å². The fourth-order valence-corrected chi connectivity index (χ4v) is 4.30. The van der Waals surface area contributed by atoms with Crippen molar-refractivity contribution >= 4 is 10.0 Å². The number of halogens is 1. The summed E-state index contributed by atoms with van der Waals surface area (Å²) >= 11 is 0. The summed E-state index contributed by atoms with van der Waals surface area (Å²) in [6, 6.07) is 3.98. The van der Waals surface area contributed by atoms with Crippen molar-refractivity contribution in [1.29, 1.82) is 0 Å². The van der Waals surface area contributed by atoms with E-state index in [1.54, 1.807) is 7.11 Å². The molecule has 1 unspecified atom stereocenters. The summed E-state index contributed by atoms with van der Waals surface area (Å²) in [5, 5.41) is 0. The van der Waals surface area contributed by atoms with E-state index in [4.69, 9.17) is 10.5 Å². The zero-order valence-corrected chi connectivity index (χ0v) is 12.9. The first kappa shape index (κ1) is 16.4. The predicted octanol–water partition coefficient (Wildman–Crippen LogP) is 1.33. The van der Waals surface area contributed by atoms with Gasteiger partial charge in [0.2, 0.25) is 10.0 Å². The molecule has 0 amide bonds. The van der Waals surface area contributed by atoms with Gasteiger partial charge in [-0.25, -0.2) is 12.8 Å². The SMILES string of the molecule is COCC1CCCN(S(=O)(=O)c2cc(CN)ccc2F)C1. The average molecular weight is 316 g/mol. The number of ether oxygens (including phenoxy) is 1. The highest BCUT2D eigenvalue weighted by atomic mass is 32.2. The Kier molecular flexibility index (Phi) is 5.32. The van der Waals surface area contributed by atoms with Crippen LogP contribution in [0, 0.1) is 11.7 Å². The van der Waals surface area contributed by atoms with Crippen LogP contribution in [0.25, 0.3) is 0 Å². The second-order valence-corrected chi connectivity index (χ2v) is 7.20. The van der Waals surface area contributed by atoms with Gasteiger partial charge in [-0.15, -0.1) is 0 Å². The van der Waals surface area contributed by atoms with Crippen LogP contribution >= 0.6 is 0 Å². The van der Waals surface area contributed by atoms with Crippen LogP contribution in [0.15, 0.2) is 23.1 Å². The monoisotopic (exact) mass is 316 g/mol. The summed E-state index contributed by atoms with van der Waals surface area (Å²) in [5.74, 6) is -0.583. The Morgan fingerprint density at radius 1 is 1.48 bits per heavy atom. The molecule has 0 radical (unpaired) electrons. The zero-order chi connectivity index (χ0) is 15.5. The number of hydrogen-bond donors (Lipinski definition) is 1. The molecule has 0 bridgehead atoms. The van der Waals surface area contributed by atoms with Crippen LogP contribution in [-0.2, 0) is 21.3 Å². The van der Waals surface area contributed by atoms with Gasteiger partial charge < -0.3 is 10.5 Å². The first-order chi connectivity index (χ1) is 9.98. The molecule has 7 heteroatoms. The Balaban J connectivity index is 2.29. The molecule has 5 nitrogen and oxygen atoms in total. The summed E-state index contributed by atoms with van der Waals surface area (Å²) < 4.78 is 45.6. The molecule has 1 aromatic carbocycles. The molecule has 21 heavy (non-hydrogen) atoms. The summed E-state index contributed by atoms with van der Waals surface area (Å²) in [7, 11) is -2.23. The van der Waals surface area contributed by atoms with Gasteiger partial charge in [-0.1, -0.05) is 6.07 Å². The number of hydrogen-bond acceptors (Lipinski definition) is 4. The van der Waals surface area contributed by atoms with Crippen molar-refractivity contribution < 1.29 is 17.5 Å². The zero-order valence-electron chi connectivity index (χ0n) is 12.1. The van der Waals surface area contributed by atoms with Crippen LogP contribution in [0.3, 0.4) is 0 Å². The lowest BCUT2D eigenvalue weighted by Crippen LogP contribution is -2.41. The third kappa shape index (κ3) is 3.60. The van der Waals surface area contributed by atoms with E-state index in [-0.39, 0.29) is 17.4 Å². The minimum absolute atomic E-state index is 0.152. The number of sulfonamides is 1. The van der Waals surface area contributed by atoms with Crippen LogP contribution in [0.2, 0.25) is 0 Å². The minimum atomic E-state index is -3.83. The van der Waals surface area contributed by atoms with Crippen molar-refractivity contribution in [2.75, 3.05) is 26.8 Å². The molecule has 1 aliphatic rings. The molecular weight excluding hydrogens is 295 g/mol. The van der Waals surface area contributed by atoms with Crippen molar-refractivity contribution in [2.45, 2.75) is 24.3 Å². The molecule has 2 rings (SSSR count). The molecule has 1 saturated heterocycles. The number of nitrogens with zero attached hydrogens (tertiary/aromatic N) is 1. The second-order valence-electron chi connectivity index (χ2n) is 5.30. The molecular formula is C14H21FN2O3S. The standard InChI is InChI=1S/C14H21FN2O3S/c1-20-10-12-3-2-6-17(9-12)21(18,19)14-7-11(8-16)4-5-13(14)15/h4-5,7,12H,2-3,6,8-10,16H2,1H3. The number of benzene rings is 1. The highest BCUT2D eigenvalue weighted by molar-refractivity contribution is 7.89. The summed E-state index contributed by atoms with van der Waals surface area (Å²) in [6.07, 6.45) is 1.68. The van der Waals surface area contributed by atoms with Gasteiger partial charge in [-0.3, -0.25) is 0 Å². The number of rotatable bonds is 5. The van der Waals surface area contributed by atoms with E-state index in [0.29, 0.717) is 25.3 Å². The van der Waals surface area contributed by atoms with E-state index in [9.17, 15) is 12.8 Å². The predicted molar refractivity (Wildman–Crippen MR) is 77.7 cm³/mol. The van der Waals surface area contributed by atoms with E-state index in [1.165, 1.54) is 16.4 Å². The number of piperidine rings is 1. The molecule has 2 N–H and O–H groups in total. The van der Waals surface area contributed by atoms with Gasteiger partial charge >= 0.3 is 0 Å². The lowest BCUT2D eigenvalue weighted by atomic mass is 10.0. The van der Waals surface area contributed by atoms with Crippen molar-refractivity contribution in [3.8, 4) is 0 Å². The average Bonchev–Trinajstić information content (AvgIpc) is 2.48. The van der Waals surface area contributed by atoms with Crippen LogP contribution in [-0.4, -0.2) is 39.5 Å². The fraction of sp³-hybridized carbons (Fsp3) is 0.571. The lowest BCUT2D eigenvalue weighted by Gasteiger charge is -2.31. The third-order valence-corrected chi connectivity index (χ3v) is 5.61. The third-order valence-electron chi connectivity index (χ3n) is 3.73. The Bertz CT molecular complexity index is 590. The maximum atomic E-state index is 13.9. The van der Waals surface area contributed by atoms with Crippen molar-refractivity contribution in [3.05, 3.63) is 29.6 Å². The van der Waals surface area contributed by atoms with Gasteiger partial charge in [-0.2, -0.15) is 4.31 Å². The molecule has 0 aromatic heterocycles. The van der Waals surface area contributed by atoms with Gasteiger partial charge in [0, 0.05) is 26.7 Å². The summed E-state index contributed by atoms with van der Waals surface area (Å²) in [4.78, 5) is -0.288. The highest BCUT2D eigenvalue weighted by Gasteiger charge is 2.32. The Morgan fingerprint density at radius 3 is 2.90 bits per heavy atom. The van der Waals surface area contributed by atoms with Gasteiger partial charge in [0.25, 0.3) is 0 Å². The van der Waals surface area contributed by atoms with E-state index < -0.39 is 15.8 Å². The van der Waals surface area contributed by atoms with Crippen molar-refractivity contribution in [3.63, 3.8) is 0 Å². The van der Waals surface area contributed by atoms with Gasteiger partial charge in [0.05, 0.1) is 6.61 Å². The molecule has 118 valence electrons. The topological polar surface area (TPSA) is 72.6 Å². The van der Waals surface area contributed by atoms with E-state index >= 15 is 0 Å². The largest absolute Gasteiger partial charge is 0.384 e. The fourth-order valence-electron chi connectivity index (χ4n) is 2.63. The van der Waals surface area contributed by atoms with Crippen molar-refractivity contribution in [2.24, 2.45) is 11.7 Å². The lowest BCUT2D eigenvalue weighted by molar-refractivity contribution is 0.118. The number of nitrogens with two attached hydrogens (primary N) is 1. The molecule has 0 aliphatic carbocycles. The summed E-state index contributed by atoms with van der Waals surface area (Å²) in [6.45, 7) is 1.46. The molecule has 0 saturated carbocycles. The number of methoxy groups -OCH3 is 1. The molecule has 0 spiro atoms. The Hall–Kier alpha value is -1.02. The second kappa shape index (κ2) is 6.83. The van der Waals surface area contributed by atoms with E-state index in [0.717, 1.165) is 18.9 Å². The van der Waals surface area contributed by atoms with Gasteiger partial charge in [-0.05, 0) is 36.5 Å². The molecule has 1 aromatic rings. The smallest absolute Gasteiger partial charge is 0.246 e. The normalized spacial score (nSPS) is 20.6. The highest BCUT2D eigenvalue weighted by Crippen LogP contribution is 2.26. The molecule has 1 atom stereocenters. The van der Waals surface area contributed by atoms with Crippen LogP contribution in [0.1, 0.15) is 18.4 Å². The maximum Gasteiger partial charge on any atom is 0.246 e. The minimum Gasteiger partial charge on any atom is -0.384 e. The molecule has 1 heterocycles. The molecule has 1 aliphatic heterocycles. The quantitative estimate of drug-likeness (QED) is 0.889. The Labute approximate surface area is 124 Å². The van der Waals surface area contributed by atoms with E-state index in [1.807, 2.05) is 0 Å².